The van der Waals surface area contributed by atoms with Crippen LogP contribution in [0.15, 0.2) is 57.9 Å². The number of halogens is 1. The number of hydrogen-bond donors (Lipinski definition) is 1. The van der Waals surface area contributed by atoms with Crippen LogP contribution < -0.4 is 5.32 Å². The number of rotatable bonds is 5. The van der Waals surface area contributed by atoms with Gasteiger partial charge in [0.25, 0.3) is 5.89 Å². The van der Waals surface area contributed by atoms with Crippen LogP contribution in [0.25, 0.3) is 11.5 Å². The molecule has 1 aromatic heterocycles. The van der Waals surface area contributed by atoms with Crippen LogP contribution in [0.4, 0.5) is 10.1 Å². The molecule has 0 aliphatic carbocycles. The molecule has 162 valence electrons. The van der Waals surface area contributed by atoms with Crippen molar-refractivity contribution in [2.24, 2.45) is 0 Å². The summed E-state index contributed by atoms with van der Waals surface area (Å²) in [5.41, 5.74) is 1.17. The van der Waals surface area contributed by atoms with E-state index in [4.69, 9.17) is 4.52 Å². The summed E-state index contributed by atoms with van der Waals surface area (Å²) < 4.78 is 45.7. The largest absolute Gasteiger partial charge is 0.334 e. The fourth-order valence-corrected chi connectivity index (χ4v) is 5.00. The number of amides is 1. The Labute approximate surface area is 179 Å². The maximum atomic E-state index is 13.1. The first-order valence-corrected chi connectivity index (χ1v) is 11.2. The molecule has 1 saturated heterocycles. The highest BCUT2D eigenvalue weighted by Gasteiger charge is 2.32. The molecule has 0 saturated carbocycles. The molecule has 2 aromatic carbocycles. The summed E-state index contributed by atoms with van der Waals surface area (Å²) >= 11 is 0. The SMILES string of the molecule is CC(=O)Nc1ccc(S(=O)(=O)N2CCC(c3noc(-c4ccc(F)cc4)n3)CC2)cc1. The van der Waals surface area contributed by atoms with E-state index in [1.165, 1.54) is 35.5 Å². The van der Waals surface area contributed by atoms with Gasteiger partial charge < -0.3 is 9.84 Å². The van der Waals surface area contributed by atoms with E-state index in [1.807, 2.05) is 0 Å². The van der Waals surface area contributed by atoms with Crippen LogP contribution in [-0.4, -0.2) is 41.9 Å². The third kappa shape index (κ3) is 4.64. The summed E-state index contributed by atoms with van der Waals surface area (Å²) in [5.74, 6) is 0.246. The minimum Gasteiger partial charge on any atom is -0.334 e. The number of aromatic nitrogens is 2. The third-order valence-corrected chi connectivity index (χ3v) is 7.08. The molecule has 1 fully saturated rings. The van der Waals surface area contributed by atoms with Gasteiger partial charge in [-0.1, -0.05) is 5.16 Å². The van der Waals surface area contributed by atoms with E-state index in [0.717, 1.165) is 0 Å². The summed E-state index contributed by atoms with van der Waals surface area (Å²) in [7, 11) is -3.63. The van der Waals surface area contributed by atoms with Gasteiger partial charge in [-0.2, -0.15) is 9.29 Å². The molecule has 3 aromatic rings. The van der Waals surface area contributed by atoms with E-state index in [0.29, 0.717) is 48.9 Å². The lowest BCUT2D eigenvalue weighted by atomic mass is 9.97. The second-order valence-corrected chi connectivity index (χ2v) is 9.29. The number of anilines is 1. The average molecular weight is 444 g/mol. The van der Waals surface area contributed by atoms with Crippen LogP contribution in [0, 0.1) is 5.82 Å². The first-order valence-electron chi connectivity index (χ1n) is 9.80. The number of hydrogen-bond acceptors (Lipinski definition) is 6. The normalized spacial score (nSPS) is 15.7. The zero-order chi connectivity index (χ0) is 22.0. The van der Waals surface area contributed by atoms with Gasteiger partial charge in [0.05, 0.1) is 4.90 Å². The smallest absolute Gasteiger partial charge is 0.257 e. The first-order chi connectivity index (χ1) is 14.8. The van der Waals surface area contributed by atoms with E-state index in [2.05, 4.69) is 15.5 Å². The van der Waals surface area contributed by atoms with Crippen molar-refractivity contribution < 1.29 is 22.1 Å². The van der Waals surface area contributed by atoms with E-state index in [-0.39, 0.29) is 22.5 Å². The number of nitrogens with one attached hydrogen (secondary N) is 1. The Kier molecular flexibility index (Phi) is 5.84. The molecule has 8 nitrogen and oxygen atoms in total. The Morgan fingerprint density at radius 1 is 1.10 bits per heavy atom. The van der Waals surface area contributed by atoms with Gasteiger partial charge in [-0.05, 0) is 61.4 Å². The van der Waals surface area contributed by atoms with Crippen LogP contribution in [0.2, 0.25) is 0 Å². The molecule has 10 heteroatoms. The minimum absolute atomic E-state index is 0.0217. The van der Waals surface area contributed by atoms with Gasteiger partial charge >= 0.3 is 0 Å². The molecule has 0 spiro atoms. The first kappa shape index (κ1) is 21.1. The Balaban J connectivity index is 1.41. The zero-order valence-corrected chi connectivity index (χ0v) is 17.6. The van der Waals surface area contributed by atoms with Gasteiger partial charge in [0.1, 0.15) is 5.82 Å². The van der Waals surface area contributed by atoms with Gasteiger partial charge in [-0.15, -0.1) is 0 Å². The quantitative estimate of drug-likeness (QED) is 0.647. The number of carbonyl (C=O) groups is 1. The Morgan fingerprint density at radius 3 is 2.35 bits per heavy atom. The molecule has 4 rings (SSSR count). The summed E-state index contributed by atoms with van der Waals surface area (Å²) in [5, 5.41) is 6.65. The number of benzene rings is 2. The zero-order valence-electron chi connectivity index (χ0n) is 16.8. The fourth-order valence-electron chi connectivity index (χ4n) is 3.53. The monoisotopic (exact) mass is 444 g/mol. The molecular formula is C21H21FN4O4S. The van der Waals surface area contributed by atoms with Crippen molar-refractivity contribution in [1.29, 1.82) is 0 Å². The van der Waals surface area contributed by atoms with Gasteiger partial charge in [-0.25, -0.2) is 12.8 Å². The summed E-state index contributed by atoms with van der Waals surface area (Å²) in [6.45, 7) is 2.06. The number of piperidine rings is 1. The average Bonchev–Trinajstić information content (AvgIpc) is 3.25. The molecule has 31 heavy (non-hydrogen) atoms. The van der Waals surface area contributed by atoms with E-state index < -0.39 is 10.0 Å². The second-order valence-electron chi connectivity index (χ2n) is 7.35. The summed E-state index contributed by atoms with van der Waals surface area (Å²) in [4.78, 5) is 15.7. The third-order valence-electron chi connectivity index (χ3n) is 5.16. The molecule has 1 aliphatic heterocycles. The molecule has 2 heterocycles. The summed E-state index contributed by atoms with van der Waals surface area (Å²) in [6, 6.07) is 11.9. The highest BCUT2D eigenvalue weighted by atomic mass is 32.2. The lowest BCUT2D eigenvalue weighted by Crippen LogP contribution is -2.38. The maximum Gasteiger partial charge on any atom is 0.257 e. The van der Waals surface area contributed by atoms with Crippen molar-refractivity contribution in [3.63, 3.8) is 0 Å². The van der Waals surface area contributed by atoms with Gasteiger partial charge in [-0.3, -0.25) is 4.79 Å². The number of sulfonamides is 1. The van der Waals surface area contributed by atoms with Crippen LogP contribution in [-0.2, 0) is 14.8 Å². The van der Waals surface area contributed by atoms with Gasteiger partial charge in [0, 0.05) is 37.2 Å². The van der Waals surface area contributed by atoms with Crippen molar-refractivity contribution >= 4 is 21.6 Å². The van der Waals surface area contributed by atoms with Crippen LogP contribution in [0.3, 0.4) is 0 Å². The topological polar surface area (TPSA) is 105 Å². The highest BCUT2D eigenvalue weighted by molar-refractivity contribution is 7.89. The summed E-state index contributed by atoms with van der Waals surface area (Å²) in [6.07, 6.45) is 1.12. The van der Waals surface area contributed by atoms with Crippen molar-refractivity contribution in [2.75, 3.05) is 18.4 Å². The van der Waals surface area contributed by atoms with E-state index in [1.54, 1.807) is 24.3 Å². The minimum atomic E-state index is -3.63. The molecule has 0 bridgehead atoms. The molecule has 1 aliphatic rings. The van der Waals surface area contributed by atoms with Crippen molar-refractivity contribution in [3.8, 4) is 11.5 Å². The number of nitrogens with zero attached hydrogens (tertiary/aromatic N) is 3. The highest BCUT2D eigenvalue weighted by Crippen LogP contribution is 2.31. The molecule has 1 N–H and O–H groups in total. The van der Waals surface area contributed by atoms with Crippen LogP contribution in [0.1, 0.15) is 31.5 Å². The van der Waals surface area contributed by atoms with Crippen molar-refractivity contribution in [1.82, 2.24) is 14.4 Å². The lowest BCUT2D eigenvalue weighted by molar-refractivity contribution is -0.114. The van der Waals surface area contributed by atoms with Crippen LogP contribution >= 0.6 is 0 Å². The molecule has 0 unspecified atom stereocenters. The van der Waals surface area contributed by atoms with E-state index >= 15 is 0 Å². The standard InChI is InChI=1S/C21H21FN4O4S/c1-14(27)23-18-6-8-19(9-7-18)31(28,29)26-12-10-15(11-13-26)20-24-21(30-25-20)16-2-4-17(22)5-3-16/h2-9,15H,10-13H2,1H3,(H,23,27). The predicted octanol–water partition coefficient (Wildman–Crippen LogP) is 3.40. The fraction of sp³-hybridized carbons (Fsp3) is 0.286. The Hall–Kier alpha value is -3.11. The molecule has 0 atom stereocenters. The Morgan fingerprint density at radius 2 is 1.74 bits per heavy atom. The van der Waals surface area contributed by atoms with Crippen molar-refractivity contribution in [3.05, 3.63) is 60.2 Å². The maximum absolute atomic E-state index is 13.1. The Bertz CT molecular complexity index is 1170. The molecule has 0 radical (unpaired) electrons. The van der Waals surface area contributed by atoms with Crippen molar-refractivity contribution in [2.45, 2.75) is 30.6 Å². The van der Waals surface area contributed by atoms with Gasteiger partial charge in [0.2, 0.25) is 15.9 Å². The second kappa shape index (κ2) is 8.56. The molecule has 1 amide bonds. The van der Waals surface area contributed by atoms with Crippen LogP contribution in [0.5, 0.6) is 0 Å². The van der Waals surface area contributed by atoms with Gasteiger partial charge in [0.15, 0.2) is 5.82 Å². The lowest BCUT2D eigenvalue weighted by Gasteiger charge is -2.29. The van der Waals surface area contributed by atoms with E-state index in [9.17, 15) is 17.6 Å². The number of carbonyl (C=O) groups excluding carboxylic acids is 1. The predicted molar refractivity (Wildman–Crippen MR) is 111 cm³/mol. The molecular weight excluding hydrogens is 423 g/mol.